The number of nitrogens with zero attached hydrogens (tertiary/aromatic N) is 1. The van der Waals surface area contributed by atoms with Gasteiger partial charge in [0.15, 0.2) is 5.75 Å². The lowest BCUT2D eigenvalue weighted by molar-refractivity contribution is 0.239. The largest absolute Gasteiger partial charge is 0.488 e. The second-order valence-corrected chi connectivity index (χ2v) is 4.45. The molecule has 12 heavy (non-hydrogen) atoms. The maximum Gasteiger partial charge on any atom is 0.152 e. The molecular formula is C8H9BrINO. The smallest absolute Gasteiger partial charge is 0.152 e. The van der Waals surface area contributed by atoms with Crippen molar-refractivity contribution in [1.82, 2.24) is 4.98 Å². The third-order valence-electron chi connectivity index (χ3n) is 1.14. The fourth-order valence-electron chi connectivity index (χ4n) is 0.741. The van der Waals surface area contributed by atoms with E-state index in [4.69, 9.17) is 4.74 Å². The zero-order valence-electron chi connectivity index (χ0n) is 6.84. The van der Waals surface area contributed by atoms with Crippen LogP contribution in [-0.4, -0.2) is 11.1 Å². The van der Waals surface area contributed by atoms with Crippen LogP contribution < -0.4 is 4.74 Å². The Morgan fingerprint density at radius 3 is 2.67 bits per heavy atom. The number of rotatable bonds is 2. The molecule has 0 radical (unpaired) electrons. The zero-order chi connectivity index (χ0) is 9.14. The lowest BCUT2D eigenvalue weighted by Crippen LogP contribution is -2.06. The van der Waals surface area contributed by atoms with Gasteiger partial charge in [0.25, 0.3) is 0 Å². The second-order valence-electron chi connectivity index (χ2n) is 2.59. The van der Waals surface area contributed by atoms with E-state index in [9.17, 15) is 0 Å². The molecule has 4 heteroatoms. The highest BCUT2D eigenvalue weighted by Gasteiger charge is 2.04. The summed E-state index contributed by atoms with van der Waals surface area (Å²) in [7, 11) is 0. The minimum Gasteiger partial charge on any atom is -0.488 e. The minimum atomic E-state index is 0.183. The van der Waals surface area contributed by atoms with Gasteiger partial charge in [0, 0.05) is 0 Å². The summed E-state index contributed by atoms with van der Waals surface area (Å²) >= 11 is 5.49. The standard InChI is InChI=1S/C8H9BrINO/c1-5(2)12-6-3-4-7(10)11-8(6)9/h3-5H,1-2H3. The van der Waals surface area contributed by atoms with Gasteiger partial charge >= 0.3 is 0 Å². The van der Waals surface area contributed by atoms with Crippen molar-refractivity contribution in [3.05, 3.63) is 20.4 Å². The molecule has 0 aromatic carbocycles. The molecule has 0 spiro atoms. The Morgan fingerprint density at radius 1 is 1.50 bits per heavy atom. The molecule has 1 aromatic rings. The third-order valence-corrected chi connectivity index (χ3v) is 2.31. The zero-order valence-corrected chi connectivity index (χ0v) is 10.6. The van der Waals surface area contributed by atoms with Crippen molar-refractivity contribution in [3.8, 4) is 5.75 Å². The van der Waals surface area contributed by atoms with Gasteiger partial charge < -0.3 is 4.74 Å². The first-order valence-electron chi connectivity index (χ1n) is 3.58. The summed E-state index contributed by atoms with van der Waals surface area (Å²) in [6.07, 6.45) is 0.183. The molecular weight excluding hydrogens is 333 g/mol. The normalized spacial score (nSPS) is 10.4. The molecule has 66 valence electrons. The van der Waals surface area contributed by atoms with E-state index < -0.39 is 0 Å². The molecule has 1 rings (SSSR count). The van der Waals surface area contributed by atoms with Crippen molar-refractivity contribution in [2.24, 2.45) is 0 Å². The Hall–Kier alpha value is 0.160. The van der Waals surface area contributed by atoms with Crippen molar-refractivity contribution in [1.29, 1.82) is 0 Å². The molecule has 0 N–H and O–H groups in total. The van der Waals surface area contributed by atoms with Gasteiger partial charge in [0.05, 0.1) is 6.10 Å². The summed E-state index contributed by atoms with van der Waals surface area (Å²) in [6, 6.07) is 3.84. The van der Waals surface area contributed by atoms with Gasteiger partial charge in [0.2, 0.25) is 0 Å². The summed E-state index contributed by atoms with van der Waals surface area (Å²) in [5, 5.41) is 0. The maximum atomic E-state index is 5.49. The summed E-state index contributed by atoms with van der Waals surface area (Å²) in [5.41, 5.74) is 0. The first kappa shape index (κ1) is 10.2. The van der Waals surface area contributed by atoms with Crippen LogP contribution in [0.2, 0.25) is 0 Å². The first-order valence-corrected chi connectivity index (χ1v) is 5.45. The average molecular weight is 342 g/mol. The first-order chi connectivity index (χ1) is 5.59. The predicted molar refractivity (Wildman–Crippen MR) is 60.4 cm³/mol. The Morgan fingerprint density at radius 2 is 2.17 bits per heavy atom. The molecule has 0 bridgehead atoms. The highest BCUT2D eigenvalue weighted by molar-refractivity contribution is 14.1. The summed E-state index contributed by atoms with van der Waals surface area (Å²) in [4.78, 5) is 4.20. The molecule has 0 aliphatic heterocycles. The molecule has 1 heterocycles. The van der Waals surface area contributed by atoms with E-state index >= 15 is 0 Å². The number of ether oxygens (including phenoxy) is 1. The van der Waals surface area contributed by atoms with E-state index in [0.29, 0.717) is 0 Å². The Labute approximate surface area is 94.0 Å². The Kier molecular flexibility index (Phi) is 3.77. The van der Waals surface area contributed by atoms with Gasteiger partial charge in [-0.15, -0.1) is 0 Å². The summed E-state index contributed by atoms with van der Waals surface area (Å²) in [5.74, 6) is 0.797. The van der Waals surface area contributed by atoms with Crippen molar-refractivity contribution in [3.63, 3.8) is 0 Å². The topological polar surface area (TPSA) is 22.1 Å². The molecule has 0 aliphatic carbocycles. The van der Waals surface area contributed by atoms with Crippen LogP contribution >= 0.6 is 38.5 Å². The van der Waals surface area contributed by atoms with Crippen LogP contribution in [0.5, 0.6) is 5.75 Å². The number of hydrogen-bond acceptors (Lipinski definition) is 2. The van der Waals surface area contributed by atoms with Crippen molar-refractivity contribution < 1.29 is 4.74 Å². The number of pyridine rings is 1. The van der Waals surface area contributed by atoms with E-state index in [2.05, 4.69) is 43.5 Å². The number of halogens is 2. The van der Waals surface area contributed by atoms with Crippen LogP contribution in [-0.2, 0) is 0 Å². The van der Waals surface area contributed by atoms with Crippen LogP contribution in [0, 0.1) is 3.70 Å². The minimum absolute atomic E-state index is 0.183. The molecule has 0 amide bonds. The van der Waals surface area contributed by atoms with Gasteiger partial charge in [0.1, 0.15) is 8.30 Å². The molecule has 0 saturated heterocycles. The third kappa shape index (κ3) is 2.90. The summed E-state index contributed by atoms with van der Waals surface area (Å²) < 4.78 is 7.21. The van der Waals surface area contributed by atoms with Crippen LogP contribution in [0.4, 0.5) is 0 Å². The van der Waals surface area contributed by atoms with E-state index in [1.54, 1.807) is 0 Å². The predicted octanol–water partition coefficient (Wildman–Crippen LogP) is 3.24. The highest BCUT2D eigenvalue weighted by Crippen LogP contribution is 2.24. The van der Waals surface area contributed by atoms with Crippen molar-refractivity contribution in [2.45, 2.75) is 20.0 Å². The molecule has 0 atom stereocenters. The molecule has 0 fully saturated rings. The molecule has 0 saturated carbocycles. The SMILES string of the molecule is CC(C)Oc1ccc(I)nc1Br. The fraction of sp³-hybridized carbons (Fsp3) is 0.375. The Balaban J connectivity index is 2.86. The Bertz CT molecular complexity index is 278. The summed E-state index contributed by atoms with van der Waals surface area (Å²) in [6.45, 7) is 3.98. The van der Waals surface area contributed by atoms with Crippen LogP contribution in [0.1, 0.15) is 13.8 Å². The van der Waals surface area contributed by atoms with E-state index in [1.807, 2.05) is 26.0 Å². The van der Waals surface area contributed by atoms with Crippen molar-refractivity contribution >= 4 is 38.5 Å². The second kappa shape index (κ2) is 4.41. The quantitative estimate of drug-likeness (QED) is 0.608. The molecule has 0 unspecified atom stereocenters. The van der Waals surface area contributed by atoms with Gasteiger partial charge in [-0.2, -0.15) is 0 Å². The number of aromatic nitrogens is 1. The van der Waals surface area contributed by atoms with Crippen molar-refractivity contribution in [2.75, 3.05) is 0 Å². The fourth-order valence-corrected chi connectivity index (χ4v) is 1.91. The highest BCUT2D eigenvalue weighted by atomic mass is 127. The van der Waals surface area contributed by atoms with E-state index in [-0.39, 0.29) is 6.10 Å². The van der Waals surface area contributed by atoms with Crippen LogP contribution in [0.25, 0.3) is 0 Å². The molecule has 2 nitrogen and oxygen atoms in total. The van der Waals surface area contributed by atoms with Gasteiger partial charge in [-0.1, -0.05) is 0 Å². The van der Waals surface area contributed by atoms with E-state index in [1.165, 1.54) is 0 Å². The van der Waals surface area contributed by atoms with Gasteiger partial charge in [-0.25, -0.2) is 4.98 Å². The van der Waals surface area contributed by atoms with Gasteiger partial charge in [-0.3, -0.25) is 0 Å². The van der Waals surface area contributed by atoms with Crippen LogP contribution in [0.15, 0.2) is 16.7 Å². The van der Waals surface area contributed by atoms with Gasteiger partial charge in [-0.05, 0) is 64.5 Å². The molecule has 1 aromatic heterocycles. The van der Waals surface area contributed by atoms with E-state index in [0.717, 1.165) is 14.1 Å². The average Bonchev–Trinajstić information content (AvgIpc) is 1.94. The maximum absolute atomic E-state index is 5.49. The van der Waals surface area contributed by atoms with Crippen LogP contribution in [0.3, 0.4) is 0 Å². The lowest BCUT2D eigenvalue weighted by atomic mass is 10.4. The monoisotopic (exact) mass is 341 g/mol. The lowest BCUT2D eigenvalue weighted by Gasteiger charge is -2.10. The number of hydrogen-bond donors (Lipinski definition) is 0. The molecule has 0 aliphatic rings.